The summed E-state index contributed by atoms with van der Waals surface area (Å²) in [4.78, 5) is 2.58. The van der Waals surface area contributed by atoms with Gasteiger partial charge in [-0.3, -0.25) is 9.58 Å². The van der Waals surface area contributed by atoms with E-state index in [2.05, 4.69) is 53.4 Å². The van der Waals surface area contributed by atoms with Crippen molar-refractivity contribution in [3.63, 3.8) is 0 Å². The lowest BCUT2D eigenvalue weighted by atomic mass is 9.71. The smallest absolute Gasteiger partial charge is 0.0641 e. The Morgan fingerprint density at radius 2 is 1.78 bits per heavy atom. The van der Waals surface area contributed by atoms with Crippen LogP contribution in [-0.4, -0.2) is 34.3 Å². The summed E-state index contributed by atoms with van der Waals surface area (Å²) in [7, 11) is 2.03. The molecular weight excluding hydrogens is 332 g/mol. The summed E-state index contributed by atoms with van der Waals surface area (Å²) in [6.45, 7) is 10.0. The minimum absolute atomic E-state index is 0.763. The Morgan fingerprint density at radius 3 is 2.41 bits per heavy atom. The number of hydrogen-bond acceptors (Lipinski definition) is 3. The first-order chi connectivity index (χ1) is 13.1. The highest BCUT2D eigenvalue weighted by molar-refractivity contribution is 5.27. The molecule has 146 valence electrons. The quantitative estimate of drug-likeness (QED) is 0.806. The third-order valence-electron chi connectivity index (χ3n) is 6.69. The zero-order valence-electron chi connectivity index (χ0n) is 17.2. The zero-order valence-corrected chi connectivity index (χ0v) is 17.2. The van der Waals surface area contributed by atoms with Crippen LogP contribution in [0.4, 0.5) is 0 Å². The van der Waals surface area contributed by atoms with Gasteiger partial charge < -0.3 is 5.32 Å². The molecule has 1 aliphatic heterocycles. The molecule has 1 aromatic heterocycles. The van der Waals surface area contributed by atoms with Crippen molar-refractivity contribution in [3.8, 4) is 0 Å². The van der Waals surface area contributed by atoms with Gasteiger partial charge in [-0.1, -0.05) is 24.3 Å². The van der Waals surface area contributed by atoms with E-state index in [1.807, 2.05) is 11.7 Å². The first-order valence-electron chi connectivity index (χ1n) is 10.6. The van der Waals surface area contributed by atoms with Gasteiger partial charge >= 0.3 is 0 Å². The fraction of sp³-hybridized carbons (Fsp3) is 0.609. The fourth-order valence-electron chi connectivity index (χ4n) is 4.74. The van der Waals surface area contributed by atoms with E-state index >= 15 is 0 Å². The lowest BCUT2D eigenvalue weighted by Crippen LogP contribution is -2.32. The summed E-state index contributed by atoms with van der Waals surface area (Å²) in [5.41, 5.74) is 6.81. The van der Waals surface area contributed by atoms with E-state index in [4.69, 9.17) is 0 Å². The lowest BCUT2D eigenvalue weighted by Gasteiger charge is -2.36. The van der Waals surface area contributed by atoms with E-state index < -0.39 is 0 Å². The molecule has 2 fully saturated rings. The molecule has 2 aromatic rings. The van der Waals surface area contributed by atoms with Crippen LogP contribution in [0.25, 0.3) is 0 Å². The molecule has 0 unspecified atom stereocenters. The van der Waals surface area contributed by atoms with Crippen molar-refractivity contribution in [3.05, 3.63) is 52.3 Å². The van der Waals surface area contributed by atoms with Gasteiger partial charge in [0.25, 0.3) is 0 Å². The van der Waals surface area contributed by atoms with Gasteiger partial charge in [0.2, 0.25) is 0 Å². The van der Waals surface area contributed by atoms with Crippen molar-refractivity contribution in [2.24, 2.45) is 13.0 Å². The van der Waals surface area contributed by atoms with E-state index in [1.54, 1.807) is 0 Å². The molecule has 0 atom stereocenters. The molecule has 4 rings (SSSR count). The Kier molecular flexibility index (Phi) is 5.65. The second-order valence-corrected chi connectivity index (χ2v) is 8.66. The molecule has 27 heavy (non-hydrogen) atoms. The summed E-state index contributed by atoms with van der Waals surface area (Å²) in [5, 5.41) is 8.17. The molecule has 2 heterocycles. The van der Waals surface area contributed by atoms with Gasteiger partial charge in [-0.25, -0.2) is 0 Å². The highest BCUT2D eigenvalue weighted by atomic mass is 15.3. The van der Waals surface area contributed by atoms with Crippen LogP contribution in [0.1, 0.15) is 59.7 Å². The predicted molar refractivity (Wildman–Crippen MR) is 111 cm³/mol. The predicted octanol–water partition coefficient (Wildman–Crippen LogP) is 3.92. The maximum Gasteiger partial charge on any atom is 0.0641 e. The van der Waals surface area contributed by atoms with Crippen LogP contribution in [0.15, 0.2) is 24.3 Å². The average molecular weight is 367 g/mol. The number of likely N-dealkylation sites (tertiary alicyclic amines) is 1. The number of aryl methyl sites for hydroxylation is 2. The summed E-state index contributed by atoms with van der Waals surface area (Å²) < 4.78 is 1.99. The molecule has 0 amide bonds. The largest absolute Gasteiger partial charge is 0.312 e. The molecule has 0 radical (unpaired) electrons. The summed E-state index contributed by atoms with van der Waals surface area (Å²) in [6.07, 6.45) is 5.39. The molecule has 1 N–H and O–H groups in total. The molecular formula is C23H34N4. The van der Waals surface area contributed by atoms with E-state index in [0.29, 0.717) is 0 Å². The van der Waals surface area contributed by atoms with E-state index in [-0.39, 0.29) is 0 Å². The third kappa shape index (κ3) is 4.27. The Labute approximate surface area is 164 Å². The molecule has 2 aliphatic rings. The molecule has 1 aromatic carbocycles. The van der Waals surface area contributed by atoms with Gasteiger partial charge in [0.15, 0.2) is 0 Å². The van der Waals surface area contributed by atoms with Crippen molar-refractivity contribution in [2.45, 2.75) is 58.5 Å². The number of rotatable bonds is 7. The normalized spacial score (nSPS) is 22.9. The molecule has 0 spiro atoms. The van der Waals surface area contributed by atoms with Gasteiger partial charge in [0.05, 0.1) is 5.69 Å². The number of hydrogen-bond donors (Lipinski definition) is 1. The Hall–Kier alpha value is -1.65. The second-order valence-electron chi connectivity index (χ2n) is 8.66. The van der Waals surface area contributed by atoms with Crippen molar-refractivity contribution < 1.29 is 0 Å². The molecule has 0 bridgehead atoms. The summed E-state index contributed by atoms with van der Waals surface area (Å²) in [6, 6.07) is 9.46. The average Bonchev–Trinajstić information content (AvgIpc) is 3.21. The van der Waals surface area contributed by atoms with Crippen LogP contribution < -0.4 is 5.32 Å². The molecule has 4 heteroatoms. The van der Waals surface area contributed by atoms with Gasteiger partial charge in [0, 0.05) is 31.4 Å². The van der Waals surface area contributed by atoms with Gasteiger partial charge in [-0.05, 0) is 82.1 Å². The first-order valence-corrected chi connectivity index (χ1v) is 10.6. The van der Waals surface area contributed by atoms with Gasteiger partial charge in [-0.15, -0.1) is 0 Å². The van der Waals surface area contributed by atoms with E-state index in [1.165, 1.54) is 61.2 Å². The number of nitrogens with one attached hydrogen (secondary N) is 1. The van der Waals surface area contributed by atoms with Crippen LogP contribution in [0.5, 0.6) is 0 Å². The molecule has 1 saturated carbocycles. The van der Waals surface area contributed by atoms with Crippen LogP contribution in [0.3, 0.4) is 0 Å². The maximum atomic E-state index is 4.51. The van der Waals surface area contributed by atoms with Crippen LogP contribution in [-0.2, 0) is 20.1 Å². The van der Waals surface area contributed by atoms with Crippen molar-refractivity contribution >= 4 is 0 Å². The Morgan fingerprint density at radius 1 is 1.07 bits per heavy atom. The van der Waals surface area contributed by atoms with Crippen LogP contribution in [0.2, 0.25) is 0 Å². The summed E-state index contributed by atoms with van der Waals surface area (Å²) >= 11 is 0. The minimum Gasteiger partial charge on any atom is -0.312 e. The van der Waals surface area contributed by atoms with E-state index in [0.717, 1.165) is 37.2 Å². The molecule has 1 aliphatic carbocycles. The number of benzene rings is 1. The molecule has 1 saturated heterocycles. The fourth-order valence-corrected chi connectivity index (χ4v) is 4.74. The Bertz CT molecular complexity index is 749. The second kappa shape index (κ2) is 8.15. The van der Waals surface area contributed by atoms with Gasteiger partial charge in [-0.2, -0.15) is 5.10 Å². The first kappa shape index (κ1) is 18.7. The van der Waals surface area contributed by atoms with Crippen molar-refractivity contribution in [1.29, 1.82) is 0 Å². The van der Waals surface area contributed by atoms with Crippen molar-refractivity contribution in [1.82, 2.24) is 20.0 Å². The van der Waals surface area contributed by atoms with Crippen LogP contribution in [0, 0.1) is 19.8 Å². The third-order valence-corrected chi connectivity index (χ3v) is 6.69. The number of aromatic nitrogens is 2. The maximum absolute atomic E-state index is 4.51. The Balaban J connectivity index is 1.20. The number of nitrogens with zero attached hydrogens (tertiary/aromatic N) is 3. The van der Waals surface area contributed by atoms with Crippen molar-refractivity contribution in [2.75, 3.05) is 19.6 Å². The topological polar surface area (TPSA) is 33.1 Å². The monoisotopic (exact) mass is 366 g/mol. The highest BCUT2D eigenvalue weighted by Crippen LogP contribution is 2.41. The minimum atomic E-state index is 0.763. The standard InChI is InChI=1S/C23H34N4/c1-17-23(18(2)26(3)25-17)15-24-14-20-12-22(13-20)21-8-6-19(7-9-21)16-27-10-4-5-11-27/h6-9,20,22,24H,4-5,10-16H2,1-3H3. The molecule has 4 nitrogen and oxygen atoms in total. The lowest BCUT2D eigenvalue weighted by molar-refractivity contribution is 0.254. The van der Waals surface area contributed by atoms with E-state index in [9.17, 15) is 0 Å². The van der Waals surface area contributed by atoms with Crippen LogP contribution >= 0.6 is 0 Å². The SMILES string of the molecule is Cc1nn(C)c(C)c1CNCC1CC(c2ccc(CN3CCCC3)cc2)C1. The van der Waals surface area contributed by atoms with Gasteiger partial charge in [0.1, 0.15) is 0 Å². The summed E-state index contributed by atoms with van der Waals surface area (Å²) in [5.74, 6) is 1.58. The zero-order chi connectivity index (χ0) is 18.8. The highest BCUT2D eigenvalue weighted by Gasteiger charge is 2.29.